The summed E-state index contributed by atoms with van der Waals surface area (Å²) in [5.74, 6) is 1.66. The van der Waals surface area contributed by atoms with Crippen molar-refractivity contribution in [2.45, 2.75) is 0 Å². The predicted molar refractivity (Wildman–Crippen MR) is 81.9 cm³/mol. The molecule has 0 aliphatic carbocycles. The van der Waals surface area contributed by atoms with E-state index >= 15 is 0 Å². The molecule has 2 aromatic carbocycles. The summed E-state index contributed by atoms with van der Waals surface area (Å²) in [6.07, 6.45) is 0. The monoisotopic (exact) mass is 316 g/mol. The van der Waals surface area contributed by atoms with Gasteiger partial charge in [0.15, 0.2) is 23.0 Å². The number of benzene rings is 2. The SMILES string of the molecule is COc1cccc(OC)c1OC(=O)c1ccc2c(c1)OCCO2. The molecule has 0 unspecified atom stereocenters. The Labute approximate surface area is 133 Å². The van der Waals surface area contributed by atoms with Crippen LogP contribution in [-0.4, -0.2) is 33.4 Å². The van der Waals surface area contributed by atoms with Crippen molar-refractivity contribution in [3.05, 3.63) is 42.0 Å². The van der Waals surface area contributed by atoms with E-state index in [0.717, 1.165) is 0 Å². The van der Waals surface area contributed by atoms with Crippen molar-refractivity contribution >= 4 is 5.97 Å². The second-order valence-electron chi connectivity index (χ2n) is 4.74. The Balaban J connectivity index is 1.88. The molecule has 0 radical (unpaired) electrons. The van der Waals surface area contributed by atoms with Gasteiger partial charge in [-0.15, -0.1) is 0 Å². The van der Waals surface area contributed by atoms with Crippen LogP contribution in [-0.2, 0) is 0 Å². The summed E-state index contributed by atoms with van der Waals surface area (Å²) < 4.78 is 26.8. The van der Waals surface area contributed by atoms with Gasteiger partial charge in [-0.2, -0.15) is 0 Å². The van der Waals surface area contributed by atoms with E-state index in [4.69, 9.17) is 23.7 Å². The number of hydrogen-bond donors (Lipinski definition) is 0. The zero-order valence-electron chi connectivity index (χ0n) is 12.8. The highest BCUT2D eigenvalue weighted by molar-refractivity contribution is 5.92. The van der Waals surface area contributed by atoms with Crippen molar-refractivity contribution in [2.75, 3.05) is 27.4 Å². The predicted octanol–water partition coefficient (Wildman–Crippen LogP) is 2.69. The number of rotatable bonds is 4. The van der Waals surface area contributed by atoms with Crippen molar-refractivity contribution in [2.24, 2.45) is 0 Å². The molecule has 6 heteroatoms. The summed E-state index contributed by atoms with van der Waals surface area (Å²) in [6, 6.07) is 10.0. The summed E-state index contributed by atoms with van der Waals surface area (Å²) in [5.41, 5.74) is 0.349. The molecular formula is C17H16O6. The largest absolute Gasteiger partial charge is 0.493 e. The molecule has 1 aliphatic rings. The van der Waals surface area contributed by atoms with Crippen LogP contribution in [0.15, 0.2) is 36.4 Å². The van der Waals surface area contributed by atoms with Crippen LogP contribution < -0.4 is 23.7 Å². The number of ether oxygens (including phenoxy) is 5. The van der Waals surface area contributed by atoms with Crippen molar-refractivity contribution in [1.82, 2.24) is 0 Å². The first-order valence-corrected chi connectivity index (χ1v) is 7.05. The van der Waals surface area contributed by atoms with Crippen LogP contribution in [0.2, 0.25) is 0 Å². The maximum absolute atomic E-state index is 12.4. The van der Waals surface area contributed by atoms with Crippen LogP contribution in [0.25, 0.3) is 0 Å². The highest BCUT2D eigenvalue weighted by atomic mass is 16.6. The van der Waals surface area contributed by atoms with Gasteiger partial charge in [-0.25, -0.2) is 4.79 Å². The molecule has 23 heavy (non-hydrogen) atoms. The summed E-state index contributed by atoms with van der Waals surface area (Å²) in [5, 5.41) is 0. The number of carbonyl (C=O) groups is 1. The standard InChI is InChI=1S/C17H16O6/c1-19-13-4-3-5-14(20-2)16(13)23-17(18)11-6-7-12-15(10-11)22-9-8-21-12/h3-7,10H,8-9H2,1-2H3. The van der Waals surface area contributed by atoms with E-state index in [-0.39, 0.29) is 5.75 Å². The molecule has 0 saturated carbocycles. The Kier molecular flexibility index (Phi) is 4.23. The Hall–Kier alpha value is -2.89. The maximum atomic E-state index is 12.4. The van der Waals surface area contributed by atoms with Crippen LogP contribution in [0.1, 0.15) is 10.4 Å². The molecule has 3 rings (SSSR count). The quantitative estimate of drug-likeness (QED) is 0.638. The van der Waals surface area contributed by atoms with Gasteiger partial charge in [0.1, 0.15) is 13.2 Å². The summed E-state index contributed by atoms with van der Waals surface area (Å²) in [6.45, 7) is 0.945. The first kappa shape index (κ1) is 15.0. The molecule has 0 bridgehead atoms. The van der Waals surface area contributed by atoms with Gasteiger partial charge in [0.05, 0.1) is 19.8 Å². The lowest BCUT2D eigenvalue weighted by Crippen LogP contribution is -2.16. The molecule has 1 heterocycles. The van der Waals surface area contributed by atoms with Crippen molar-refractivity contribution < 1.29 is 28.5 Å². The molecule has 6 nitrogen and oxygen atoms in total. The van der Waals surface area contributed by atoms with E-state index in [0.29, 0.717) is 41.8 Å². The minimum Gasteiger partial charge on any atom is -0.493 e. The summed E-state index contributed by atoms with van der Waals surface area (Å²) in [4.78, 5) is 12.4. The van der Waals surface area contributed by atoms with E-state index in [1.165, 1.54) is 14.2 Å². The van der Waals surface area contributed by atoms with Crippen molar-refractivity contribution in [3.63, 3.8) is 0 Å². The van der Waals surface area contributed by atoms with Gasteiger partial charge in [-0.1, -0.05) is 6.07 Å². The van der Waals surface area contributed by atoms with E-state index in [1.807, 2.05) is 0 Å². The third kappa shape index (κ3) is 3.01. The third-order valence-electron chi connectivity index (χ3n) is 3.36. The molecule has 0 N–H and O–H groups in total. The van der Waals surface area contributed by atoms with Gasteiger partial charge in [-0.3, -0.25) is 0 Å². The first-order chi connectivity index (χ1) is 11.2. The Morgan fingerprint density at radius 1 is 0.957 bits per heavy atom. The smallest absolute Gasteiger partial charge is 0.343 e. The molecule has 0 atom stereocenters. The molecule has 0 amide bonds. The molecule has 2 aromatic rings. The van der Waals surface area contributed by atoms with Gasteiger partial charge in [-0.05, 0) is 30.3 Å². The van der Waals surface area contributed by atoms with E-state index in [2.05, 4.69) is 0 Å². The van der Waals surface area contributed by atoms with Crippen molar-refractivity contribution in [1.29, 1.82) is 0 Å². The van der Waals surface area contributed by atoms with E-state index in [1.54, 1.807) is 36.4 Å². The molecule has 0 fully saturated rings. The zero-order valence-corrected chi connectivity index (χ0v) is 12.8. The maximum Gasteiger partial charge on any atom is 0.343 e. The minimum absolute atomic E-state index is 0.234. The first-order valence-electron chi connectivity index (χ1n) is 7.05. The summed E-state index contributed by atoms with van der Waals surface area (Å²) >= 11 is 0. The molecule has 120 valence electrons. The Morgan fingerprint density at radius 3 is 2.26 bits per heavy atom. The second-order valence-corrected chi connectivity index (χ2v) is 4.74. The Bertz CT molecular complexity index is 703. The van der Waals surface area contributed by atoms with Gasteiger partial charge < -0.3 is 23.7 Å². The molecule has 1 aliphatic heterocycles. The van der Waals surface area contributed by atoms with E-state index < -0.39 is 5.97 Å². The fraction of sp³-hybridized carbons (Fsp3) is 0.235. The highest BCUT2D eigenvalue weighted by Gasteiger charge is 2.19. The summed E-state index contributed by atoms with van der Waals surface area (Å²) in [7, 11) is 2.99. The molecule has 0 saturated heterocycles. The lowest BCUT2D eigenvalue weighted by molar-refractivity contribution is 0.0723. The van der Waals surface area contributed by atoms with Crippen LogP contribution in [0.3, 0.4) is 0 Å². The number of esters is 1. The number of fused-ring (bicyclic) bond motifs is 1. The fourth-order valence-electron chi connectivity index (χ4n) is 2.24. The number of methoxy groups -OCH3 is 2. The van der Waals surface area contributed by atoms with Gasteiger partial charge in [0.25, 0.3) is 0 Å². The lowest BCUT2D eigenvalue weighted by Gasteiger charge is -2.18. The average molecular weight is 316 g/mol. The highest BCUT2D eigenvalue weighted by Crippen LogP contribution is 2.38. The van der Waals surface area contributed by atoms with Crippen molar-refractivity contribution in [3.8, 4) is 28.7 Å². The lowest BCUT2D eigenvalue weighted by atomic mass is 10.2. The second kappa shape index (κ2) is 6.48. The number of hydrogen-bond acceptors (Lipinski definition) is 6. The fourth-order valence-corrected chi connectivity index (χ4v) is 2.24. The van der Waals surface area contributed by atoms with Gasteiger partial charge in [0, 0.05) is 0 Å². The number of para-hydroxylation sites is 1. The Morgan fingerprint density at radius 2 is 1.61 bits per heavy atom. The number of carbonyl (C=O) groups excluding carboxylic acids is 1. The van der Waals surface area contributed by atoms with Crippen LogP contribution in [0, 0.1) is 0 Å². The molecular weight excluding hydrogens is 300 g/mol. The van der Waals surface area contributed by atoms with Crippen LogP contribution >= 0.6 is 0 Å². The topological polar surface area (TPSA) is 63.2 Å². The minimum atomic E-state index is -0.537. The normalized spacial score (nSPS) is 12.4. The zero-order chi connectivity index (χ0) is 16.2. The van der Waals surface area contributed by atoms with Gasteiger partial charge in [0.2, 0.25) is 5.75 Å². The molecule has 0 aromatic heterocycles. The van der Waals surface area contributed by atoms with Gasteiger partial charge >= 0.3 is 5.97 Å². The average Bonchev–Trinajstić information content (AvgIpc) is 2.61. The van der Waals surface area contributed by atoms with Crippen LogP contribution in [0.4, 0.5) is 0 Å². The third-order valence-corrected chi connectivity index (χ3v) is 3.36. The van der Waals surface area contributed by atoms with E-state index in [9.17, 15) is 4.79 Å². The molecule has 0 spiro atoms. The van der Waals surface area contributed by atoms with Crippen LogP contribution in [0.5, 0.6) is 28.7 Å².